The van der Waals surface area contributed by atoms with E-state index in [1.165, 1.54) is 23.0 Å². The molecule has 0 saturated heterocycles. The second-order valence-electron chi connectivity index (χ2n) is 8.36. The summed E-state index contributed by atoms with van der Waals surface area (Å²) in [6, 6.07) is 4.60. The van der Waals surface area contributed by atoms with Crippen molar-refractivity contribution >= 4 is 27.5 Å². The van der Waals surface area contributed by atoms with Gasteiger partial charge in [0.15, 0.2) is 5.82 Å². The minimum absolute atomic E-state index is 0.0149. The molecule has 9 nitrogen and oxygen atoms in total. The van der Waals surface area contributed by atoms with Crippen LogP contribution in [-0.2, 0) is 17.1 Å². The summed E-state index contributed by atoms with van der Waals surface area (Å²) < 4.78 is 35.8. The third-order valence-corrected chi connectivity index (χ3v) is 5.90. The van der Waals surface area contributed by atoms with E-state index in [4.69, 9.17) is 16.3 Å². The molecule has 0 aromatic carbocycles. The number of carbonyl (C=O) groups is 1. The topological polar surface area (TPSA) is 108 Å². The highest BCUT2D eigenvalue weighted by Crippen LogP contribution is 2.21. The summed E-state index contributed by atoms with van der Waals surface area (Å²) in [6.07, 6.45) is 4.72. The van der Waals surface area contributed by atoms with Crippen molar-refractivity contribution in [2.45, 2.75) is 32.6 Å². The Morgan fingerprint density at radius 3 is 2.52 bits per heavy atom. The summed E-state index contributed by atoms with van der Waals surface area (Å²) in [5, 5.41) is 4.13. The van der Waals surface area contributed by atoms with E-state index in [1.54, 1.807) is 37.0 Å². The number of pyridine rings is 1. The molecule has 3 aromatic heterocycles. The summed E-state index contributed by atoms with van der Waals surface area (Å²) in [6.45, 7) is 8.29. The second-order valence-corrected chi connectivity index (χ2v) is 10.4. The third kappa shape index (κ3) is 5.45. The fraction of sp³-hybridized carbons (Fsp3) is 0.350. The van der Waals surface area contributed by atoms with E-state index in [0.29, 0.717) is 23.9 Å². The molecule has 3 heterocycles. The number of hydrogen-bond donors (Lipinski definition) is 1. The average Bonchev–Trinajstić information content (AvgIpc) is 3.25. The van der Waals surface area contributed by atoms with Crippen molar-refractivity contribution in [1.82, 2.24) is 24.1 Å². The van der Waals surface area contributed by atoms with Crippen molar-refractivity contribution in [3.8, 4) is 11.7 Å². The molecule has 0 aliphatic heterocycles. The summed E-state index contributed by atoms with van der Waals surface area (Å²) in [5.41, 5.74) is 0.434. The van der Waals surface area contributed by atoms with Gasteiger partial charge in [-0.2, -0.15) is 0 Å². The molecular formula is C20H24ClN5O4S. The van der Waals surface area contributed by atoms with Crippen LogP contribution in [0.15, 0.2) is 41.7 Å². The maximum absolute atomic E-state index is 12.5. The lowest BCUT2D eigenvalue weighted by atomic mass is 9.99. The first-order chi connectivity index (χ1) is 14.4. The molecule has 0 spiro atoms. The van der Waals surface area contributed by atoms with Crippen molar-refractivity contribution in [2.24, 2.45) is 12.5 Å². The molecule has 11 heteroatoms. The van der Waals surface area contributed by atoms with E-state index in [-0.39, 0.29) is 21.0 Å². The number of carbonyl (C=O) groups excluding carboxylic acids is 1. The van der Waals surface area contributed by atoms with Crippen molar-refractivity contribution in [3.63, 3.8) is 0 Å². The summed E-state index contributed by atoms with van der Waals surface area (Å²) in [5.74, 6) is -0.0881. The van der Waals surface area contributed by atoms with Gasteiger partial charge in [-0.3, -0.25) is 4.79 Å². The Labute approximate surface area is 186 Å². The maximum Gasteiger partial charge on any atom is 0.268 e. The number of nitrogens with zero attached hydrogens (tertiary/aromatic N) is 4. The van der Waals surface area contributed by atoms with Gasteiger partial charge in [0.25, 0.3) is 15.9 Å². The summed E-state index contributed by atoms with van der Waals surface area (Å²) >= 11 is 6.17. The lowest BCUT2D eigenvalue weighted by molar-refractivity contribution is 0.0981. The Bertz CT molecular complexity index is 1220. The zero-order valence-corrected chi connectivity index (χ0v) is 19.5. The Morgan fingerprint density at radius 2 is 1.94 bits per heavy atom. The van der Waals surface area contributed by atoms with Gasteiger partial charge in [-0.15, -0.1) is 5.10 Å². The van der Waals surface area contributed by atoms with Crippen LogP contribution < -0.4 is 9.46 Å². The number of amides is 1. The van der Waals surface area contributed by atoms with Gasteiger partial charge in [0, 0.05) is 31.7 Å². The van der Waals surface area contributed by atoms with Gasteiger partial charge in [0.05, 0.1) is 12.2 Å². The van der Waals surface area contributed by atoms with E-state index < -0.39 is 15.9 Å². The smallest absolute Gasteiger partial charge is 0.268 e. The summed E-state index contributed by atoms with van der Waals surface area (Å²) in [4.78, 5) is 16.7. The first kappa shape index (κ1) is 22.8. The highest BCUT2D eigenvalue weighted by molar-refractivity contribution is 7.90. The van der Waals surface area contributed by atoms with Gasteiger partial charge < -0.3 is 9.30 Å². The molecule has 1 N–H and O–H groups in total. The quantitative estimate of drug-likeness (QED) is 0.560. The molecular weight excluding hydrogens is 442 g/mol. The monoisotopic (exact) mass is 465 g/mol. The number of halogens is 1. The Balaban J connectivity index is 1.77. The van der Waals surface area contributed by atoms with E-state index in [9.17, 15) is 13.2 Å². The number of rotatable bonds is 6. The fourth-order valence-corrected chi connectivity index (χ4v) is 4.21. The van der Waals surface area contributed by atoms with Crippen LogP contribution in [0.4, 0.5) is 0 Å². The predicted octanol–water partition coefficient (Wildman–Crippen LogP) is 3.11. The molecule has 0 atom stereocenters. The van der Waals surface area contributed by atoms with E-state index >= 15 is 0 Å². The number of ether oxygens (including phenoxy) is 1. The number of sulfonamides is 1. The standard InChI is InChI=1S/C20H24ClN5O4S/c1-13-10-25(5)11-15(13)31(28,29)24-19(27)14-6-7-16(22-18(14)21)26-9-8-17(23-26)30-12-20(2,3)4/h6-11H,12H2,1-5H3,(H,24,27). The molecule has 0 fully saturated rings. The highest BCUT2D eigenvalue weighted by Gasteiger charge is 2.24. The van der Waals surface area contributed by atoms with Crippen molar-refractivity contribution in [1.29, 1.82) is 0 Å². The first-order valence-electron chi connectivity index (χ1n) is 9.41. The Hall–Kier alpha value is -2.85. The third-order valence-electron chi connectivity index (χ3n) is 4.15. The number of hydrogen-bond acceptors (Lipinski definition) is 6. The van der Waals surface area contributed by atoms with Crippen LogP contribution in [0, 0.1) is 12.3 Å². The van der Waals surface area contributed by atoms with Crippen LogP contribution in [-0.4, -0.2) is 40.3 Å². The van der Waals surface area contributed by atoms with Crippen LogP contribution in [0.3, 0.4) is 0 Å². The van der Waals surface area contributed by atoms with Crippen molar-refractivity contribution < 1.29 is 17.9 Å². The van der Waals surface area contributed by atoms with Gasteiger partial charge in [0.1, 0.15) is 10.0 Å². The zero-order chi connectivity index (χ0) is 23.0. The van der Waals surface area contributed by atoms with Gasteiger partial charge in [-0.1, -0.05) is 32.4 Å². The Kier molecular flexibility index (Phi) is 6.15. The van der Waals surface area contributed by atoms with E-state index in [0.717, 1.165) is 0 Å². The first-order valence-corrected chi connectivity index (χ1v) is 11.3. The van der Waals surface area contributed by atoms with E-state index in [2.05, 4.69) is 30.9 Å². The average molecular weight is 466 g/mol. The molecule has 166 valence electrons. The van der Waals surface area contributed by atoms with Crippen LogP contribution in [0.25, 0.3) is 5.82 Å². The fourth-order valence-electron chi connectivity index (χ4n) is 2.73. The zero-order valence-electron chi connectivity index (χ0n) is 17.9. The molecule has 0 aliphatic carbocycles. The van der Waals surface area contributed by atoms with Gasteiger partial charge in [0.2, 0.25) is 5.88 Å². The van der Waals surface area contributed by atoms with Gasteiger partial charge >= 0.3 is 0 Å². The lowest BCUT2D eigenvalue weighted by Gasteiger charge is -2.17. The normalized spacial score (nSPS) is 12.1. The molecule has 3 rings (SSSR count). The molecule has 0 aliphatic rings. The van der Waals surface area contributed by atoms with Crippen LogP contribution in [0.2, 0.25) is 5.15 Å². The molecule has 1 amide bonds. The predicted molar refractivity (Wildman–Crippen MR) is 116 cm³/mol. The molecule has 0 unspecified atom stereocenters. The van der Waals surface area contributed by atoms with Crippen LogP contribution >= 0.6 is 11.6 Å². The van der Waals surface area contributed by atoms with Gasteiger partial charge in [-0.25, -0.2) is 22.8 Å². The minimum Gasteiger partial charge on any atom is -0.476 e. The van der Waals surface area contributed by atoms with Crippen LogP contribution in [0.5, 0.6) is 5.88 Å². The molecule has 31 heavy (non-hydrogen) atoms. The number of nitrogens with one attached hydrogen (secondary N) is 1. The summed E-state index contributed by atoms with van der Waals surface area (Å²) in [7, 11) is -2.36. The number of aryl methyl sites for hydroxylation is 2. The molecule has 0 saturated carbocycles. The molecule has 3 aromatic rings. The number of aromatic nitrogens is 4. The largest absolute Gasteiger partial charge is 0.476 e. The Morgan fingerprint density at radius 1 is 1.23 bits per heavy atom. The molecule has 0 bridgehead atoms. The van der Waals surface area contributed by atoms with Gasteiger partial charge in [-0.05, 0) is 30.0 Å². The van der Waals surface area contributed by atoms with Crippen molar-refractivity contribution in [3.05, 3.63) is 53.1 Å². The van der Waals surface area contributed by atoms with E-state index in [1.807, 2.05) is 4.72 Å². The van der Waals surface area contributed by atoms with Crippen LogP contribution in [0.1, 0.15) is 36.7 Å². The SMILES string of the molecule is Cc1cn(C)cc1S(=O)(=O)NC(=O)c1ccc(-n2ccc(OCC(C)(C)C)n2)nc1Cl. The molecule has 0 radical (unpaired) electrons. The highest BCUT2D eigenvalue weighted by atomic mass is 35.5. The lowest BCUT2D eigenvalue weighted by Crippen LogP contribution is -2.31. The second kappa shape index (κ2) is 8.35. The minimum atomic E-state index is -4.05. The maximum atomic E-state index is 12.5. The van der Waals surface area contributed by atoms with Crippen molar-refractivity contribution in [2.75, 3.05) is 6.61 Å².